The Morgan fingerprint density at radius 3 is 2.60 bits per heavy atom. The lowest BCUT2D eigenvalue weighted by Crippen LogP contribution is -2.22. The maximum absolute atomic E-state index is 13.3. The summed E-state index contributed by atoms with van der Waals surface area (Å²) in [6.07, 6.45) is 1.89. The zero-order valence-corrected chi connectivity index (χ0v) is 19.6. The zero-order chi connectivity index (χ0) is 24.4. The van der Waals surface area contributed by atoms with Crippen LogP contribution in [0.4, 0.5) is 11.4 Å². The lowest BCUT2D eigenvalue weighted by atomic mass is 9.89. The molecule has 176 valence electrons. The summed E-state index contributed by atoms with van der Waals surface area (Å²) >= 11 is 0. The molecule has 35 heavy (non-hydrogen) atoms. The van der Waals surface area contributed by atoms with Crippen LogP contribution in [0.15, 0.2) is 77.9 Å². The molecular formula is C28H26N4O3. The minimum atomic E-state index is -0.616. The number of ether oxygens (including phenoxy) is 1. The smallest absolute Gasteiger partial charge is 0.337 e. The molecule has 0 spiro atoms. The van der Waals surface area contributed by atoms with E-state index in [1.54, 1.807) is 18.2 Å². The van der Waals surface area contributed by atoms with E-state index < -0.39 is 11.9 Å². The van der Waals surface area contributed by atoms with Crippen LogP contribution in [0.1, 0.15) is 39.9 Å². The van der Waals surface area contributed by atoms with Crippen molar-refractivity contribution in [2.24, 2.45) is 4.99 Å². The Labute approximate surface area is 203 Å². The number of hydrogen-bond donors (Lipinski definition) is 3. The first-order valence-electron chi connectivity index (χ1n) is 11.6. The Morgan fingerprint density at radius 2 is 1.83 bits per heavy atom. The predicted octanol–water partition coefficient (Wildman–Crippen LogP) is 4.92. The summed E-state index contributed by atoms with van der Waals surface area (Å²) in [4.78, 5) is 33.4. The summed E-state index contributed by atoms with van der Waals surface area (Å²) in [5, 5.41) is 7.28. The van der Waals surface area contributed by atoms with Crippen LogP contribution in [0.5, 0.6) is 0 Å². The minimum Gasteiger partial charge on any atom is -0.465 e. The highest BCUT2D eigenvalue weighted by Crippen LogP contribution is 2.37. The first-order valence-corrected chi connectivity index (χ1v) is 11.6. The molecule has 5 rings (SSSR count). The van der Waals surface area contributed by atoms with E-state index in [1.807, 2.05) is 54.7 Å². The molecule has 3 aromatic carbocycles. The predicted molar refractivity (Wildman–Crippen MR) is 137 cm³/mol. The van der Waals surface area contributed by atoms with Gasteiger partial charge in [0.05, 0.1) is 24.1 Å². The first-order chi connectivity index (χ1) is 17.1. The van der Waals surface area contributed by atoms with Crippen LogP contribution in [0.25, 0.3) is 10.9 Å². The molecule has 0 saturated carbocycles. The van der Waals surface area contributed by atoms with Gasteiger partial charge in [-0.25, -0.2) is 4.79 Å². The van der Waals surface area contributed by atoms with Crippen molar-refractivity contribution in [3.8, 4) is 0 Å². The van der Waals surface area contributed by atoms with Gasteiger partial charge in [0.15, 0.2) is 0 Å². The molecule has 1 amide bonds. The lowest BCUT2D eigenvalue weighted by Gasteiger charge is -2.15. The molecule has 0 radical (unpaired) electrons. The van der Waals surface area contributed by atoms with Crippen LogP contribution in [-0.2, 0) is 16.1 Å². The standard InChI is InChI=1S/C28H26N4O3/c1-3-29-16-17-4-8-21(9-5-17)31-26(19-7-11-23-18(14-19)12-13-30-23)25-22-10-6-20(28(34)35-2)15-24(22)32-27(25)33/h4-15,25,29-30H,3,16H2,1-2H3,(H,32,33). The van der Waals surface area contributed by atoms with Gasteiger partial charge in [-0.2, -0.15) is 0 Å². The van der Waals surface area contributed by atoms with E-state index in [-0.39, 0.29) is 5.91 Å². The number of fused-ring (bicyclic) bond motifs is 2. The van der Waals surface area contributed by atoms with E-state index in [0.29, 0.717) is 17.0 Å². The van der Waals surface area contributed by atoms with Crippen LogP contribution in [0.3, 0.4) is 0 Å². The van der Waals surface area contributed by atoms with Gasteiger partial charge in [-0.05, 0) is 65.7 Å². The number of methoxy groups -OCH3 is 1. The number of carbonyl (C=O) groups is 2. The molecule has 0 aliphatic carbocycles. The van der Waals surface area contributed by atoms with Gasteiger partial charge in [0.1, 0.15) is 5.92 Å². The number of carbonyl (C=O) groups excluding carboxylic acids is 2. The van der Waals surface area contributed by atoms with E-state index in [9.17, 15) is 9.59 Å². The Bertz CT molecular complexity index is 1440. The summed E-state index contributed by atoms with van der Waals surface area (Å²) in [6, 6.07) is 21.2. The average Bonchev–Trinajstić information content (AvgIpc) is 3.48. The number of amides is 1. The molecule has 1 atom stereocenters. The fourth-order valence-corrected chi connectivity index (χ4v) is 4.38. The third-order valence-electron chi connectivity index (χ3n) is 6.19. The van der Waals surface area contributed by atoms with Crippen molar-refractivity contribution >= 4 is 39.9 Å². The molecule has 3 N–H and O–H groups in total. The molecule has 7 heteroatoms. The van der Waals surface area contributed by atoms with Crippen molar-refractivity contribution in [2.45, 2.75) is 19.4 Å². The number of anilines is 1. The maximum atomic E-state index is 13.3. The highest BCUT2D eigenvalue weighted by molar-refractivity contribution is 6.24. The average molecular weight is 467 g/mol. The number of rotatable bonds is 7. The first kappa shape index (κ1) is 22.6. The molecule has 4 aromatic rings. The molecule has 1 unspecified atom stereocenters. The van der Waals surface area contributed by atoms with Gasteiger partial charge in [-0.3, -0.25) is 9.79 Å². The van der Waals surface area contributed by atoms with Crippen LogP contribution >= 0.6 is 0 Å². The number of aromatic amines is 1. The number of H-pyrrole nitrogens is 1. The molecule has 0 fully saturated rings. The van der Waals surface area contributed by atoms with Gasteiger partial charge in [-0.15, -0.1) is 0 Å². The van der Waals surface area contributed by atoms with E-state index in [2.05, 4.69) is 22.5 Å². The maximum Gasteiger partial charge on any atom is 0.337 e. The Kier molecular flexibility index (Phi) is 6.16. The summed E-state index contributed by atoms with van der Waals surface area (Å²) in [5.74, 6) is -1.25. The topological polar surface area (TPSA) is 95.6 Å². The summed E-state index contributed by atoms with van der Waals surface area (Å²) in [6.45, 7) is 3.77. The van der Waals surface area contributed by atoms with Crippen molar-refractivity contribution in [2.75, 3.05) is 19.0 Å². The zero-order valence-electron chi connectivity index (χ0n) is 19.6. The van der Waals surface area contributed by atoms with Crippen LogP contribution < -0.4 is 10.6 Å². The number of nitrogens with one attached hydrogen (secondary N) is 3. The summed E-state index contributed by atoms with van der Waals surface area (Å²) in [7, 11) is 1.34. The van der Waals surface area contributed by atoms with Crippen molar-refractivity contribution in [3.63, 3.8) is 0 Å². The molecule has 0 saturated heterocycles. The second-order valence-corrected chi connectivity index (χ2v) is 8.44. The number of aromatic nitrogens is 1. The SMILES string of the molecule is CCNCc1ccc(N=C(c2ccc3[nH]ccc3c2)C2C(=O)Nc3cc(C(=O)OC)ccc32)cc1. The third-order valence-corrected chi connectivity index (χ3v) is 6.19. The van der Waals surface area contributed by atoms with Gasteiger partial charge >= 0.3 is 5.97 Å². The lowest BCUT2D eigenvalue weighted by molar-refractivity contribution is -0.115. The molecule has 0 bridgehead atoms. The monoisotopic (exact) mass is 466 g/mol. The van der Waals surface area contributed by atoms with Crippen molar-refractivity contribution < 1.29 is 14.3 Å². The fraction of sp³-hybridized carbons (Fsp3) is 0.179. The quantitative estimate of drug-likeness (QED) is 0.266. The van der Waals surface area contributed by atoms with Gasteiger partial charge in [0.25, 0.3) is 0 Å². The normalized spacial score (nSPS) is 15.2. The number of benzene rings is 3. The molecule has 7 nitrogen and oxygen atoms in total. The summed E-state index contributed by atoms with van der Waals surface area (Å²) in [5.41, 5.74) is 6.21. The number of aliphatic imine (C=N–C) groups is 1. The number of esters is 1. The van der Waals surface area contributed by atoms with Crippen molar-refractivity contribution in [1.82, 2.24) is 10.3 Å². The van der Waals surface area contributed by atoms with Crippen LogP contribution in [-0.4, -0.2) is 36.2 Å². The fourth-order valence-electron chi connectivity index (χ4n) is 4.38. The highest BCUT2D eigenvalue weighted by atomic mass is 16.5. The second kappa shape index (κ2) is 9.56. The number of hydrogen-bond acceptors (Lipinski definition) is 5. The summed E-state index contributed by atoms with van der Waals surface area (Å²) < 4.78 is 4.83. The van der Waals surface area contributed by atoms with Crippen molar-refractivity contribution in [3.05, 3.63) is 95.2 Å². The highest BCUT2D eigenvalue weighted by Gasteiger charge is 2.36. The third kappa shape index (κ3) is 4.46. The molecule has 1 aliphatic rings. The number of nitrogens with zero attached hydrogens (tertiary/aromatic N) is 1. The largest absolute Gasteiger partial charge is 0.465 e. The Hall–Kier alpha value is -4.23. The van der Waals surface area contributed by atoms with Crippen molar-refractivity contribution in [1.29, 1.82) is 0 Å². The molecular weight excluding hydrogens is 440 g/mol. The van der Waals surface area contributed by atoms with E-state index in [0.717, 1.165) is 40.8 Å². The second-order valence-electron chi connectivity index (χ2n) is 8.44. The van der Waals surface area contributed by atoms with Gasteiger partial charge in [0.2, 0.25) is 5.91 Å². The Balaban J connectivity index is 1.60. The van der Waals surface area contributed by atoms with E-state index in [4.69, 9.17) is 9.73 Å². The molecule has 1 aliphatic heterocycles. The minimum absolute atomic E-state index is 0.182. The van der Waals surface area contributed by atoms with Gasteiger partial charge in [-0.1, -0.05) is 31.2 Å². The Morgan fingerprint density at radius 1 is 1.03 bits per heavy atom. The van der Waals surface area contributed by atoms with Crippen LogP contribution in [0.2, 0.25) is 0 Å². The van der Waals surface area contributed by atoms with E-state index in [1.165, 1.54) is 12.7 Å². The molecule has 1 aromatic heterocycles. The van der Waals surface area contributed by atoms with Gasteiger partial charge in [0, 0.05) is 29.3 Å². The van der Waals surface area contributed by atoms with Gasteiger partial charge < -0.3 is 20.4 Å². The van der Waals surface area contributed by atoms with Crippen LogP contribution in [0, 0.1) is 0 Å². The van der Waals surface area contributed by atoms with E-state index >= 15 is 0 Å². The molecule has 2 heterocycles.